The maximum Gasteiger partial charge on any atom is 0.350 e. The van der Waals surface area contributed by atoms with E-state index in [1.54, 1.807) is 18.3 Å². The van der Waals surface area contributed by atoms with E-state index in [1.807, 2.05) is 30.3 Å². The van der Waals surface area contributed by atoms with E-state index in [-0.39, 0.29) is 28.8 Å². The van der Waals surface area contributed by atoms with Gasteiger partial charge >= 0.3 is 5.69 Å². The molecule has 0 radical (unpaired) electrons. The standard InChI is InChI=1S/C23H26N4O2/c1-15(2)12-18-20(23(18,3)4)21(28)24-17-9-7-8-16(13-17)14-27-22(29)26-11-6-5-10-19(26)25-27/h5-13,18,20H,14H2,1-4H3,(H,24,28)/t18-,20-/m1/s1. The van der Waals surface area contributed by atoms with Crippen LogP contribution in [0.25, 0.3) is 5.65 Å². The highest BCUT2D eigenvalue weighted by Gasteiger charge is 2.60. The second-order valence-corrected chi connectivity index (χ2v) is 8.63. The highest BCUT2D eigenvalue weighted by atomic mass is 16.2. The Morgan fingerprint density at radius 3 is 2.72 bits per heavy atom. The summed E-state index contributed by atoms with van der Waals surface area (Å²) in [7, 11) is 0. The first-order chi connectivity index (χ1) is 13.8. The molecule has 2 atom stereocenters. The third-order valence-electron chi connectivity index (χ3n) is 5.72. The second-order valence-electron chi connectivity index (χ2n) is 8.63. The number of carbonyl (C=O) groups is 1. The van der Waals surface area contributed by atoms with E-state index in [9.17, 15) is 9.59 Å². The Morgan fingerprint density at radius 2 is 2.00 bits per heavy atom. The van der Waals surface area contributed by atoms with Crippen LogP contribution in [0.2, 0.25) is 0 Å². The largest absolute Gasteiger partial charge is 0.350 e. The molecule has 150 valence electrons. The first-order valence-corrected chi connectivity index (χ1v) is 9.86. The van der Waals surface area contributed by atoms with Gasteiger partial charge in [-0.25, -0.2) is 9.48 Å². The fourth-order valence-corrected chi connectivity index (χ4v) is 4.06. The summed E-state index contributed by atoms with van der Waals surface area (Å²) in [6.45, 7) is 8.74. The minimum absolute atomic E-state index is 0.0250. The molecule has 1 aromatic carbocycles. The number of pyridine rings is 1. The maximum absolute atomic E-state index is 12.8. The van der Waals surface area contributed by atoms with Gasteiger partial charge in [-0.1, -0.05) is 43.7 Å². The van der Waals surface area contributed by atoms with Crippen molar-refractivity contribution in [1.29, 1.82) is 0 Å². The monoisotopic (exact) mass is 390 g/mol. The highest BCUT2D eigenvalue weighted by Crippen LogP contribution is 2.59. The van der Waals surface area contributed by atoms with Crippen molar-refractivity contribution < 1.29 is 4.79 Å². The highest BCUT2D eigenvalue weighted by molar-refractivity contribution is 5.95. The number of hydrogen-bond acceptors (Lipinski definition) is 3. The van der Waals surface area contributed by atoms with Gasteiger partial charge in [0.05, 0.1) is 12.5 Å². The third-order valence-corrected chi connectivity index (χ3v) is 5.72. The van der Waals surface area contributed by atoms with E-state index in [1.165, 1.54) is 14.7 Å². The van der Waals surface area contributed by atoms with Gasteiger partial charge in [0.15, 0.2) is 5.65 Å². The predicted molar refractivity (Wildman–Crippen MR) is 114 cm³/mol. The molecule has 6 nitrogen and oxygen atoms in total. The van der Waals surface area contributed by atoms with E-state index in [2.05, 4.69) is 44.2 Å². The summed E-state index contributed by atoms with van der Waals surface area (Å²) >= 11 is 0. The molecular formula is C23H26N4O2. The van der Waals surface area contributed by atoms with Gasteiger partial charge < -0.3 is 5.32 Å². The summed E-state index contributed by atoms with van der Waals surface area (Å²) in [5.41, 5.74) is 3.29. The minimum Gasteiger partial charge on any atom is -0.326 e. The fourth-order valence-electron chi connectivity index (χ4n) is 4.06. The third kappa shape index (κ3) is 3.62. The van der Waals surface area contributed by atoms with Crippen LogP contribution in [0, 0.1) is 17.3 Å². The summed E-state index contributed by atoms with van der Waals surface area (Å²) in [6.07, 6.45) is 3.90. The molecule has 0 unspecified atom stereocenters. The Morgan fingerprint density at radius 1 is 1.21 bits per heavy atom. The summed E-state index contributed by atoms with van der Waals surface area (Å²) in [5, 5.41) is 7.42. The van der Waals surface area contributed by atoms with Crippen molar-refractivity contribution in [3.8, 4) is 0 Å². The Bertz CT molecular complexity index is 1160. The van der Waals surface area contributed by atoms with Crippen LogP contribution in [0.15, 0.2) is 65.1 Å². The molecular weight excluding hydrogens is 364 g/mol. The topological polar surface area (TPSA) is 68.4 Å². The number of fused-ring (bicyclic) bond motifs is 1. The van der Waals surface area contributed by atoms with Gasteiger partial charge in [0.1, 0.15) is 0 Å². The average Bonchev–Trinajstić information content (AvgIpc) is 3.04. The van der Waals surface area contributed by atoms with E-state index >= 15 is 0 Å². The normalized spacial score (nSPS) is 19.7. The number of benzene rings is 1. The number of anilines is 1. The molecule has 2 aromatic heterocycles. The van der Waals surface area contributed by atoms with Crippen molar-refractivity contribution in [3.05, 3.63) is 76.4 Å². The second kappa shape index (κ2) is 7.03. The van der Waals surface area contributed by atoms with Crippen molar-refractivity contribution in [2.75, 3.05) is 5.32 Å². The number of aromatic nitrogens is 3. The van der Waals surface area contributed by atoms with Gasteiger partial charge in [0, 0.05) is 11.9 Å². The van der Waals surface area contributed by atoms with Crippen molar-refractivity contribution >= 4 is 17.2 Å². The van der Waals surface area contributed by atoms with Crippen LogP contribution in [0.5, 0.6) is 0 Å². The first kappa shape index (κ1) is 19.2. The summed E-state index contributed by atoms with van der Waals surface area (Å²) in [4.78, 5) is 25.3. The first-order valence-electron chi connectivity index (χ1n) is 9.86. The van der Waals surface area contributed by atoms with Crippen LogP contribution >= 0.6 is 0 Å². The van der Waals surface area contributed by atoms with Gasteiger partial charge in [0.25, 0.3) is 0 Å². The fraction of sp³-hybridized carbons (Fsp3) is 0.348. The summed E-state index contributed by atoms with van der Waals surface area (Å²) in [5.74, 6) is 0.286. The molecule has 2 heterocycles. The molecule has 1 aliphatic rings. The van der Waals surface area contributed by atoms with Crippen molar-refractivity contribution in [2.45, 2.75) is 34.2 Å². The predicted octanol–water partition coefficient (Wildman–Crippen LogP) is 3.72. The molecule has 0 saturated heterocycles. The summed E-state index contributed by atoms with van der Waals surface area (Å²) < 4.78 is 2.95. The zero-order chi connectivity index (χ0) is 20.8. The van der Waals surface area contributed by atoms with E-state index in [0.29, 0.717) is 12.2 Å². The quantitative estimate of drug-likeness (QED) is 0.675. The van der Waals surface area contributed by atoms with Gasteiger partial charge in [-0.05, 0) is 55.0 Å². The van der Waals surface area contributed by atoms with Crippen LogP contribution < -0.4 is 11.0 Å². The summed E-state index contributed by atoms with van der Waals surface area (Å²) in [6, 6.07) is 13.0. The number of nitrogens with one attached hydrogen (secondary N) is 1. The average molecular weight is 390 g/mol. The molecule has 1 N–H and O–H groups in total. The lowest BCUT2D eigenvalue weighted by atomic mass is 10.1. The maximum atomic E-state index is 12.8. The van der Waals surface area contributed by atoms with Crippen molar-refractivity contribution in [1.82, 2.24) is 14.2 Å². The van der Waals surface area contributed by atoms with Crippen molar-refractivity contribution in [3.63, 3.8) is 0 Å². The van der Waals surface area contributed by atoms with Gasteiger partial charge in [-0.3, -0.25) is 9.20 Å². The van der Waals surface area contributed by atoms with Crippen LogP contribution in [0.1, 0.15) is 33.3 Å². The minimum atomic E-state index is -0.181. The van der Waals surface area contributed by atoms with Gasteiger partial charge in [-0.2, -0.15) is 0 Å². The van der Waals surface area contributed by atoms with E-state index < -0.39 is 0 Å². The number of nitrogens with zero attached hydrogens (tertiary/aromatic N) is 3. The van der Waals surface area contributed by atoms with Crippen molar-refractivity contribution in [2.24, 2.45) is 17.3 Å². The molecule has 0 spiro atoms. The van der Waals surface area contributed by atoms with E-state index in [4.69, 9.17) is 0 Å². The van der Waals surface area contributed by atoms with Crippen LogP contribution in [-0.2, 0) is 11.3 Å². The molecule has 3 aromatic rings. The molecule has 0 aliphatic heterocycles. The molecule has 4 rings (SSSR count). The van der Waals surface area contributed by atoms with Gasteiger partial charge in [0.2, 0.25) is 5.91 Å². The number of allylic oxidation sites excluding steroid dienone is 2. The van der Waals surface area contributed by atoms with Crippen LogP contribution in [0.3, 0.4) is 0 Å². The number of rotatable bonds is 5. The number of carbonyl (C=O) groups excluding carboxylic acids is 1. The molecule has 29 heavy (non-hydrogen) atoms. The van der Waals surface area contributed by atoms with Gasteiger partial charge in [-0.15, -0.1) is 5.10 Å². The Hall–Kier alpha value is -3.15. The molecule has 6 heteroatoms. The SMILES string of the molecule is CC(C)=C[C@@H]1[C@H](C(=O)Nc2cccc(Cn3nc4ccccn4c3=O)c2)C1(C)C. The van der Waals surface area contributed by atoms with Crippen LogP contribution in [0.4, 0.5) is 5.69 Å². The Balaban J connectivity index is 1.51. The molecule has 1 fully saturated rings. The zero-order valence-corrected chi connectivity index (χ0v) is 17.2. The molecule has 1 saturated carbocycles. The lowest BCUT2D eigenvalue weighted by Crippen LogP contribution is -2.21. The molecule has 1 aliphatic carbocycles. The van der Waals surface area contributed by atoms with E-state index in [0.717, 1.165) is 11.3 Å². The Kier molecular flexibility index (Phi) is 4.65. The number of amides is 1. The smallest absolute Gasteiger partial charge is 0.326 e. The molecule has 1 amide bonds. The number of hydrogen-bond donors (Lipinski definition) is 1. The molecule has 0 bridgehead atoms. The lowest BCUT2D eigenvalue weighted by molar-refractivity contribution is -0.118. The lowest BCUT2D eigenvalue weighted by Gasteiger charge is -2.08. The van der Waals surface area contributed by atoms with Crippen LogP contribution in [-0.4, -0.2) is 20.1 Å². The zero-order valence-electron chi connectivity index (χ0n) is 17.2. The Labute approximate surface area is 169 Å².